The Hall–Kier alpha value is -1.69. The van der Waals surface area contributed by atoms with Crippen LogP contribution in [0.4, 0.5) is 45.2 Å². The minimum absolute atomic E-state index is 0.171. The van der Waals surface area contributed by atoms with E-state index in [9.17, 15) is 39.5 Å². The van der Waals surface area contributed by atoms with Gasteiger partial charge in [0.2, 0.25) is 6.04 Å². The zero-order valence-electron chi connectivity index (χ0n) is 20.6. The first-order chi connectivity index (χ1) is 17.1. The molecule has 3 aliphatic rings. The second-order valence-corrected chi connectivity index (χ2v) is 11.0. The average Bonchev–Trinajstić information content (AvgIpc) is 3.15. The molecule has 37 heavy (non-hydrogen) atoms. The molecule has 12 heteroatoms. The number of nitrogens with zero attached hydrogens (tertiary/aromatic N) is 3. The number of benzene rings is 1. The Balaban J connectivity index is 1.42. The quantitative estimate of drug-likeness (QED) is 0.389. The van der Waals surface area contributed by atoms with Gasteiger partial charge in [0, 0.05) is 31.9 Å². The van der Waals surface area contributed by atoms with Crippen LogP contribution in [0.25, 0.3) is 0 Å². The summed E-state index contributed by atoms with van der Waals surface area (Å²) in [5, 5.41) is 0. The first-order valence-corrected chi connectivity index (χ1v) is 12.6. The van der Waals surface area contributed by atoms with E-state index in [1.165, 1.54) is 6.07 Å². The molecule has 3 fully saturated rings. The van der Waals surface area contributed by atoms with E-state index in [1.807, 2.05) is 4.90 Å². The number of halogens is 9. The van der Waals surface area contributed by atoms with Crippen molar-refractivity contribution in [3.63, 3.8) is 0 Å². The largest absolute Gasteiger partial charge is 0.418 e. The van der Waals surface area contributed by atoms with E-state index in [0.717, 1.165) is 18.9 Å². The van der Waals surface area contributed by atoms with Crippen LogP contribution in [0.3, 0.4) is 0 Å². The predicted molar refractivity (Wildman–Crippen MR) is 121 cm³/mol. The molecular weight excluding hydrogens is 513 g/mol. The summed E-state index contributed by atoms with van der Waals surface area (Å²) in [5.41, 5.74) is -0.162. The molecule has 0 saturated carbocycles. The van der Waals surface area contributed by atoms with E-state index in [0.29, 0.717) is 55.5 Å². The Kier molecular flexibility index (Phi) is 7.75. The van der Waals surface area contributed by atoms with Gasteiger partial charge in [0.25, 0.3) is 0 Å². The van der Waals surface area contributed by atoms with Crippen LogP contribution >= 0.6 is 0 Å². The summed E-state index contributed by atoms with van der Waals surface area (Å²) >= 11 is 0. The molecule has 3 heterocycles. The molecule has 4 rings (SSSR count). The van der Waals surface area contributed by atoms with Crippen molar-refractivity contribution in [2.75, 3.05) is 44.2 Å². The third-order valence-corrected chi connectivity index (χ3v) is 8.26. The Morgan fingerprint density at radius 1 is 0.838 bits per heavy atom. The van der Waals surface area contributed by atoms with E-state index in [4.69, 9.17) is 0 Å². The normalized spacial score (nSPS) is 22.9. The average molecular weight is 546 g/mol. The van der Waals surface area contributed by atoms with Crippen LogP contribution in [0.15, 0.2) is 18.2 Å². The molecular formula is C25H32F9N3. The summed E-state index contributed by atoms with van der Waals surface area (Å²) in [6, 6.07) is 0.702. The van der Waals surface area contributed by atoms with Crippen LogP contribution in [0, 0.1) is 11.3 Å². The van der Waals surface area contributed by atoms with Gasteiger partial charge in [-0.3, -0.25) is 9.80 Å². The zero-order chi connectivity index (χ0) is 27.2. The molecule has 3 aliphatic heterocycles. The van der Waals surface area contributed by atoms with Gasteiger partial charge in [-0.15, -0.1) is 0 Å². The molecule has 0 amide bonds. The lowest BCUT2D eigenvalue weighted by Crippen LogP contribution is -2.58. The third kappa shape index (κ3) is 6.49. The molecule has 3 saturated heterocycles. The second kappa shape index (κ2) is 10.1. The first kappa shape index (κ1) is 28.3. The minimum Gasteiger partial charge on any atom is -0.371 e. The fraction of sp³-hybridized carbons (Fsp3) is 0.760. The Bertz CT molecular complexity index is 911. The van der Waals surface area contributed by atoms with Crippen LogP contribution in [0.1, 0.15) is 50.2 Å². The van der Waals surface area contributed by atoms with Crippen molar-refractivity contribution in [1.82, 2.24) is 9.80 Å². The molecule has 0 aliphatic carbocycles. The van der Waals surface area contributed by atoms with Gasteiger partial charge in [0.15, 0.2) is 0 Å². The van der Waals surface area contributed by atoms with Crippen molar-refractivity contribution >= 4 is 5.69 Å². The predicted octanol–water partition coefficient (Wildman–Crippen LogP) is 6.72. The SMILES string of the molecule is CC1CCN(c2cc(CN3CCC4(CCN(C(C(F)(F)F)C(F)(F)F)CC4)C3)ccc2C(F)(F)F)CC1. The molecule has 0 atom stereocenters. The Morgan fingerprint density at radius 3 is 1.95 bits per heavy atom. The van der Waals surface area contributed by atoms with Crippen molar-refractivity contribution in [2.24, 2.45) is 11.3 Å². The molecule has 1 aromatic rings. The summed E-state index contributed by atoms with van der Waals surface area (Å²) in [6.45, 7) is 4.07. The number of piperidine rings is 2. The summed E-state index contributed by atoms with van der Waals surface area (Å²) in [5.74, 6) is 0.462. The third-order valence-electron chi connectivity index (χ3n) is 8.26. The van der Waals surface area contributed by atoms with Crippen molar-refractivity contribution in [2.45, 2.75) is 70.1 Å². The van der Waals surface area contributed by atoms with Crippen molar-refractivity contribution in [1.29, 1.82) is 0 Å². The molecule has 1 spiro atoms. The standard InChI is InChI=1S/C25H32F9N3/c1-17-4-9-36(10-5-17)20-14-18(2-3-19(20)23(26,27)28)15-35-11-6-22(16-35)7-12-37(13-8-22)21(24(29,30)31)25(32,33)34/h2-3,14,17,21H,4-13,15-16H2,1H3. The molecule has 0 N–H and O–H groups in total. The summed E-state index contributed by atoms with van der Waals surface area (Å²) < 4.78 is 120. The van der Waals surface area contributed by atoms with E-state index in [2.05, 4.69) is 6.92 Å². The summed E-state index contributed by atoms with van der Waals surface area (Å²) in [7, 11) is 0. The number of likely N-dealkylation sites (tertiary alicyclic amines) is 2. The fourth-order valence-corrected chi connectivity index (χ4v) is 6.11. The van der Waals surface area contributed by atoms with E-state index in [-0.39, 0.29) is 37.0 Å². The topological polar surface area (TPSA) is 9.72 Å². The number of hydrogen-bond acceptors (Lipinski definition) is 3. The highest BCUT2D eigenvalue weighted by molar-refractivity contribution is 5.57. The number of hydrogen-bond donors (Lipinski definition) is 0. The van der Waals surface area contributed by atoms with Crippen LogP contribution < -0.4 is 4.90 Å². The maximum Gasteiger partial charge on any atom is 0.418 e. The highest BCUT2D eigenvalue weighted by atomic mass is 19.4. The molecule has 1 aromatic carbocycles. The summed E-state index contributed by atoms with van der Waals surface area (Å²) in [4.78, 5) is 4.31. The maximum atomic E-state index is 13.7. The van der Waals surface area contributed by atoms with Gasteiger partial charge in [0.05, 0.1) is 5.56 Å². The van der Waals surface area contributed by atoms with Crippen LogP contribution in [-0.4, -0.2) is 67.5 Å². The van der Waals surface area contributed by atoms with Crippen molar-refractivity contribution < 1.29 is 39.5 Å². The summed E-state index contributed by atoms with van der Waals surface area (Å²) in [6.07, 6.45) is -12.6. The highest BCUT2D eigenvalue weighted by Crippen LogP contribution is 2.45. The lowest BCUT2D eigenvalue weighted by molar-refractivity contribution is -0.290. The maximum absolute atomic E-state index is 13.7. The second-order valence-electron chi connectivity index (χ2n) is 11.0. The Labute approximate surface area is 210 Å². The van der Waals surface area contributed by atoms with Gasteiger partial charge < -0.3 is 4.90 Å². The highest BCUT2D eigenvalue weighted by Gasteiger charge is 2.60. The van der Waals surface area contributed by atoms with E-state index in [1.54, 1.807) is 11.0 Å². The van der Waals surface area contributed by atoms with Crippen LogP contribution in [-0.2, 0) is 12.7 Å². The Morgan fingerprint density at radius 2 is 1.41 bits per heavy atom. The van der Waals surface area contributed by atoms with E-state index >= 15 is 0 Å². The van der Waals surface area contributed by atoms with Crippen molar-refractivity contribution in [3.8, 4) is 0 Å². The van der Waals surface area contributed by atoms with E-state index < -0.39 is 30.1 Å². The molecule has 210 valence electrons. The van der Waals surface area contributed by atoms with Gasteiger partial charge in [-0.1, -0.05) is 13.0 Å². The van der Waals surface area contributed by atoms with Gasteiger partial charge in [-0.05, 0) is 80.8 Å². The fourth-order valence-electron chi connectivity index (χ4n) is 6.11. The molecule has 0 radical (unpaired) electrons. The molecule has 3 nitrogen and oxygen atoms in total. The van der Waals surface area contributed by atoms with Gasteiger partial charge >= 0.3 is 18.5 Å². The van der Waals surface area contributed by atoms with Crippen molar-refractivity contribution in [3.05, 3.63) is 29.3 Å². The zero-order valence-corrected chi connectivity index (χ0v) is 20.6. The number of anilines is 1. The minimum atomic E-state index is -5.39. The van der Waals surface area contributed by atoms with Gasteiger partial charge in [-0.25, -0.2) is 0 Å². The lowest BCUT2D eigenvalue weighted by Gasteiger charge is -2.43. The molecule has 0 aromatic heterocycles. The first-order valence-electron chi connectivity index (χ1n) is 12.6. The van der Waals surface area contributed by atoms with Crippen LogP contribution in [0.2, 0.25) is 0 Å². The molecule has 0 bridgehead atoms. The van der Waals surface area contributed by atoms with Crippen LogP contribution in [0.5, 0.6) is 0 Å². The van der Waals surface area contributed by atoms with Gasteiger partial charge in [-0.2, -0.15) is 39.5 Å². The lowest BCUT2D eigenvalue weighted by atomic mass is 9.77. The number of rotatable bonds is 4. The number of alkyl halides is 9. The molecule has 0 unspecified atom stereocenters. The smallest absolute Gasteiger partial charge is 0.371 e. The monoisotopic (exact) mass is 545 g/mol. The van der Waals surface area contributed by atoms with Gasteiger partial charge in [0.1, 0.15) is 0 Å².